The Morgan fingerprint density at radius 3 is 2.93 bits per heavy atom. The van der Waals surface area contributed by atoms with Gasteiger partial charge in [-0.2, -0.15) is 11.3 Å². The quantitative estimate of drug-likeness (QED) is 0.757. The summed E-state index contributed by atoms with van der Waals surface area (Å²) >= 11 is 5.38. The highest BCUT2D eigenvalue weighted by Crippen LogP contribution is 2.30. The van der Waals surface area contributed by atoms with E-state index in [1.54, 1.807) is 17.6 Å². The molecule has 2 aromatic rings. The summed E-state index contributed by atoms with van der Waals surface area (Å²) in [5.41, 5.74) is 2.56. The second kappa shape index (κ2) is 4.32. The number of hydrogen-bond donors (Lipinski definition) is 0. The van der Waals surface area contributed by atoms with Crippen LogP contribution in [-0.2, 0) is 6.42 Å². The summed E-state index contributed by atoms with van der Waals surface area (Å²) in [5, 5.41) is 4.27. The average Bonchev–Trinajstić information content (AvgIpc) is 2.75. The molecule has 1 unspecified atom stereocenters. The summed E-state index contributed by atoms with van der Waals surface area (Å²) in [5.74, 6) is 1.04. The van der Waals surface area contributed by atoms with Crippen LogP contribution in [0.3, 0.4) is 0 Å². The Kier molecular flexibility index (Phi) is 3.08. The van der Waals surface area contributed by atoms with Crippen LogP contribution in [0.5, 0.6) is 0 Å². The van der Waals surface area contributed by atoms with Crippen LogP contribution in [0.4, 0.5) is 0 Å². The third-order valence-corrected chi connectivity index (χ3v) is 3.65. The van der Waals surface area contributed by atoms with Gasteiger partial charge in [-0.3, -0.25) is 0 Å². The van der Waals surface area contributed by atoms with Gasteiger partial charge in [0.05, 0.1) is 11.1 Å². The lowest BCUT2D eigenvalue weighted by Gasteiger charge is -2.06. The number of halogens is 1. The molecule has 3 heteroatoms. The first-order chi connectivity index (χ1) is 6.77. The van der Waals surface area contributed by atoms with Gasteiger partial charge < -0.3 is 4.42 Å². The molecule has 0 radical (unpaired) electrons. The highest BCUT2D eigenvalue weighted by Gasteiger charge is 2.14. The number of aryl methyl sites for hydroxylation is 1. The lowest BCUT2D eigenvalue weighted by atomic mass is 10.1. The summed E-state index contributed by atoms with van der Waals surface area (Å²) in [7, 11) is 0. The molecule has 74 valence electrons. The maximum atomic E-state index is 5.43. The molecule has 0 amide bonds. The van der Waals surface area contributed by atoms with Crippen LogP contribution in [0.15, 0.2) is 33.6 Å². The van der Waals surface area contributed by atoms with Crippen molar-refractivity contribution in [2.45, 2.75) is 18.2 Å². The van der Waals surface area contributed by atoms with Gasteiger partial charge in [0.2, 0.25) is 0 Å². The second-order valence-corrected chi connectivity index (χ2v) is 5.16. The van der Waals surface area contributed by atoms with Gasteiger partial charge in [0.25, 0.3) is 0 Å². The van der Waals surface area contributed by atoms with E-state index in [9.17, 15) is 0 Å². The molecule has 1 atom stereocenters. The lowest BCUT2D eigenvalue weighted by molar-refractivity contribution is 0.504. The number of alkyl halides is 1. The minimum absolute atomic E-state index is 0.284. The van der Waals surface area contributed by atoms with Gasteiger partial charge in [-0.25, -0.2) is 0 Å². The maximum absolute atomic E-state index is 5.43. The summed E-state index contributed by atoms with van der Waals surface area (Å²) in [6.45, 7) is 2.07. The molecule has 0 bridgehead atoms. The molecule has 0 N–H and O–H groups in total. The average molecular weight is 271 g/mol. The Morgan fingerprint density at radius 2 is 2.36 bits per heavy atom. The predicted octanol–water partition coefficient (Wildman–Crippen LogP) is 4.33. The third kappa shape index (κ3) is 2.10. The van der Waals surface area contributed by atoms with Crippen molar-refractivity contribution in [2.75, 3.05) is 0 Å². The fourth-order valence-corrected chi connectivity index (χ4v) is 2.94. The summed E-state index contributed by atoms with van der Waals surface area (Å²) < 4.78 is 5.43. The van der Waals surface area contributed by atoms with Crippen LogP contribution in [0.25, 0.3) is 0 Å². The summed E-state index contributed by atoms with van der Waals surface area (Å²) in [6.07, 6.45) is 2.73. The van der Waals surface area contributed by atoms with Crippen LogP contribution >= 0.6 is 27.3 Å². The van der Waals surface area contributed by atoms with Gasteiger partial charge in [0.1, 0.15) is 5.76 Å². The maximum Gasteiger partial charge on any atom is 0.120 e. The van der Waals surface area contributed by atoms with Crippen molar-refractivity contribution in [3.63, 3.8) is 0 Å². The fourth-order valence-electron chi connectivity index (χ4n) is 1.41. The Bertz CT molecular complexity index is 391. The number of thiophene rings is 1. The minimum atomic E-state index is 0.284. The van der Waals surface area contributed by atoms with Crippen LogP contribution < -0.4 is 0 Å². The van der Waals surface area contributed by atoms with E-state index in [0.717, 1.165) is 12.2 Å². The van der Waals surface area contributed by atoms with E-state index in [2.05, 4.69) is 39.7 Å². The minimum Gasteiger partial charge on any atom is -0.468 e. The van der Waals surface area contributed by atoms with Gasteiger partial charge in [0, 0.05) is 0 Å². The van der Waals surface area contributed by atoms with Gasteiger partial charge in [0.15, 0.2) is 0 Å². The van der Waals surface area contributed by atoms with Crippen molar-refractivity contribution in [1.82, 2.24) is 0 Å². The number of furan rings is 1. The smallest absolute Gasteiger partial charge is 0.120 e. The van der Waals surface area contributed by atoms with Crippen molar-refractivity contribution in [3.8, 4) is 0 Å². The van der Waals surface area contributed by atoms with E-state index >= 15 is 0 Å². The molecule has 0 fully saturated rings. The van der Waals surface area contributed by atoms with Crippen molar-refractivity contribution >= 4 is 27.3 Å². The van der Waals surface area contributed by atoms with Gasteiger partial charge >= 0.3 is 0 Å². The van der Waals surface area contributed by atoms with E-state index in [0.29, 0.717) is 0 Å². The van der Waals surface area contributed by atoms with E-state index < -0.39 is 0 Å². The molecule has 2 aromatic heterocycles. The molecule has 1 nitrogen and oxygen atoms in total. The van der Waals surface area contributed by atoms with Crippen molar-refractivity contribution in [1.29, 1.82) is 0 Å². The fraction of sp³-hybridized carbons (Fsp3) is 0.273. The lowest BCUT2D eigenvalue weighted by Crippen LogP contribution is -1.93. The van der Waals surface area contributed by atoms with Crippen LogP contribution in [0.2, 0.25) is 0 Å². The Labute approximate surface area is 95.9 Å². The molecule has 0 aliphatic heterocycles. The standard InChI is InChI=1S/C11H11BrOS/c1-8-2-4-13-11(8)10(12)6-9-3-5-14-7-9/h2-5,7,10H,6H2,1H3. The van der Waals surface area contributed by atoms with Crippen molar-refractivity contribution < 1.29 is 4.42 Å². The monoisotopic (exact) mass is 270 g/mol. The topological polar surface area (TPSA) is 13.1 Å². The number of hydrogen-bond acceptors (Lipinski definition) is 2. The Morgan fingerprint density at radius 1 is 1.50 bits per heavy atom. The molecule has 2 heterocycles. The molecular formula is C11H11BrOS. The van der Waals surface area contributed by atoms with E-state index in [4.69, 9.17) is 4.42 Å². The van der Waals surface area contributed by atoms with Crippen LogP contribution in [-0.4, -0.2) is 0 Å². The highest BCUT2D eigenvalue weighted by molar-refractivity contribution is 9.09. The highest BCUT2D eigenvalue weighted by atomic mass is 79.9. The van der Waals surface area contributed by atoms with Gasteiger partial charge in [-0.05, 0) is 47.4 Å². The van der Waals surface area contributed by atoms with E-state index in [1.807, 2.05) is 6.07 Å². The predicted molar refractivity (Wildman–Crippen MR) is 63.1 cm³/mol. The molecular weight excluding hydrogens is 260 g/mol. The van der Waals surface area contributed by atoms with Crippen LogP contribution in [0, 0.1) is 6.92 Å². The normalized spacial score (nSPS) is 13.0. The molecule has 0 aliphatic rings. The van der Waals surface area contributed by atoms with Gasteiger partial charge in [-0.15, -0.1) is 0 Å². The second-order valence-electron chi connectivity index (χ2n) is 3.27. The Balaban J connectivity index is 2.10. The molecule has 14 heavy (non-hydrogen) atoms. The van der Waals surface area contributed by atoms with Crippen molar-refractivity contribution in [2.24, 2.45) is 0 Å². The molecule has 0 saturated heterocycles. The SMILES string of the molecule is Cc1ccoc1C(Br)Cc1ccsc1. The van der Waals surface area contributed by atoms with Crippen LogP contribution in [0.1, 0.15) is 21.7 Å². The molecule has 0 aromatic carbocycles. The van der Waals surface area contributed by atoms with Crippen molar-refractivity contribution in [3.05, 3.63) is 46.0 Å². The zero-order chi connectivity index (χ0) is 9.97. The first-order valence-corrected chi connectivity index (χ1v) is 6.32. The molecule has 0 aliphatic carbocycles. The largest absolute Gasteiger partial charge is 0.468 e. The molecule has 0 saturated carbocycles. The first kappa shape index (κ1) is 9.99. The zero-order valence-electron chi connectivity index (χ0n) is 7.87. The molecule has 2 rings (SSSR count). The number of rotatable bonds is 3. The summed E-state index contributed by atoms with van der Waals surface area (Å²) in [6, 6.07) is 4.15. The Hall–Kier alpha value is -0.540. The molecule has 0 spiro atoms. The van der Waals surface area contributed by atoms with E-state index in [-0.39, 0.29) is 4.83 Å². The first-order valence-electron chi connectivity index (χ1n) is 4.46. The van der Waals surface area contributed by atoms with Gasteiger partial charge in [-0.1, -0.05) is 15.9 Å². The van der Waals surface area contributed by atoms with E-state index in [1.165, 1.54) is 11.1 Å². The third-order valence-electron chi connectivity index (χ3n) is 2.18. The summed E-state index contributed by atoms with van der Waals surface area (Å²) in [4.78, 5) is 0.284. The zero-order valence-corrected chi connectivity index (χ0v) is 10.3.